The van der Waals surface area contributed by atoms with Crippen molar-refractivity contribution in [1.29, 1.82) is 0 Å². The Balaban J connectivity index is 2.02. The molecule has 0 bridgehead atoms. The molecular weight excluding hydrogens is 194 g/mol. The van der Waals surface area contributed by atoms with Crippen LogP contribution in [0.1, 0.15) is 25.6 Å². The average Bonchev–Trinajstić information content (AvgIpc) is 2.63. The smallest absolute Gasteiger partial charge is 0.188 e. The van der Waals surface area contributed by atoms with E-state index in [1.165, 1.54) is 4.80 Å². The number of hydrogen-bond acceptors (Lipinski definition) is 5. The Kier molecular flexibility index (Phi) is 5.20. The van der Waals surface area contributed by atoms with Crippen LogP contribution in [0.2, 0.25) is 0 Å². The molecule has 1 aromatic rings. The molecule has 0 aliphatic rings. The number of aliphatic hydroxyl groups is 1. The molecule has 1 rings (SSSR count). The molecule has 0 saturated heterocycles. The monoisotopic (exact) mass is 213 g/mol. The minimum atomic E-state index is 0.270. The normalized spacial score (nSPS) is 13.0. The lowest BCUT2D eigenvalue weighted by molar-refractivity contribution is 0.228. The molecule has 0 fully saturated rings. The first kappa shape index (κ1) is 12.1. The minimum absolute atomic E-state index is 0.270. The molecule has 1 atom stereocenters. The summed E-state index contributed by atoms with van der Waals surface area (Å²) in [5, 5.41) is 23.7. The van der Waals surface area contributed by atoms with Crippen molar-refractivity contribution in [3.8, 4) is 0 Å². The van der Waals surface area contributed by atoms with Gasteiger partial charge in [0.2, 0.25) is 0 Å². The fourth-order valence-corrected chi connectivity index (χ4v) is 1.26. The van der Waals surface area contributed by atoms with E-state index < -0.39 is 0 Å². The molecule has 6 nitrogen and oxygen atoms in total. The molecule has 1 heterocycles. The number of aryl methyl sites for hydroxylation is 1. The molecule has 6 heteroatoms. The number of aromatic nitrogens is 4. The third-order valence-electron chi connectivity index (χ3n) is 2.20. The maximum atomic E-state index is 8.82. The summed E-state index contributed by atoms with van der Waals surface area (Å²) in [5.41, 5.74) is 0. The van der Waals surface area contributed by atoms with Crippen molar-refractivity contribution in [1.82, 2.24) is 25.5 Å². The third-order valence-corrected chi connectivity index (χ3v) is 2.20. The van der Waals surface area contributed by atoms with Crippen LogP contribution in [0.5, 0.6) is 0 Å². The van der Waals surface area contributed by atoms with Crippen LogP contribution in [0.25, 0.3) is 0 Å². The van der Waals surface area contributed by atoms with Gasteiger partial charge in [0, 0.05) is 6.61 Å². The second-order valence-corrected chi connectivity index (χ2v) is 3.80. The van der Waals surface area contributed by atoms with E-state index in [2.05, 4.69) is 20.7 Å². The van der Waals surface area contributed by atoms with E-state index in [0.717, 1.165) is 19.4 Å². The van der Waals surface area contributed by atoms with E-state index in [1.807, 2.05) is 6.92 Å². The number of hydrogen-bond donors (Lipinski definition) is 2. The Morgan fingerprint density at radius 3 is 2.93 bits per heavy atom. The topological polar surface area (TPSA) is 75.9 Å². The van der Waals surface area contributed by atoms with Gasteiger partial charge < -0.3 is 10.4 Å². The lowest BCUT2D eigenvalue weighted by Crippen LogP contribution is -2.17. The van der Waals surface area contributed by atoms with Crippen LogP contribution >= 0.6 is 0 Å². The van der Waals surface area contributed by atoms with Crippen LogP contribution in [0.15, 0.2) is 0 Å². The van der Waals surface area contributed by atoms with Crippen LogP contribution in [0.3, 0.4) is 0 Å². The number of tetrazole rings is 1. The van der Waals surface area contributed by atoms with Gasteiger partial charge in [-0.15, -0.1) is 10.2 Å². The highest BCUT2D eigenvalue weighted by Crippen LogP contribution is 2.02. The standard InChI is InChI=1S/C9H19N5O/c1-8(7-15)4-3-5-10-6-9-11-13-14(2)12-9/h8,10,15H,3-7H2,1-2H3. The Hall–Kier alpha value is -1.01. The predicted octanol–water partition coefficient (Wildman–Crippen LogP) is -0.292. The minimum Gasteiger partial charge on any atom is -0.396 e. The van der Waals surface area contributed by atoms with E-state index >= 15 is 0 Å². The molecule has 1 aromatic heterocycles. The molecule has 15 heavy (non-hydrogen) atoms. The Morgan fingerprint density at radius 2 is 2.33 bits per heavy atom. The van der Waals surface area contributed by atoms with Crippen molar-refractivity contribution >= 4 is 0 Å². The lowest BCUT2D eigenvalue weighted by atomic mass is 10.1. The van der Waals surface area contributed by atoms with E-state index in [4.69, 9.17) is 5.11 Å². The summed E-state index contributed by atoms with van der Waals surface area (Å²) in [5.74, 6) is 1.11. The number of nitrogens with zero attached hydrogens (tertiary/aromatic N) is 4. The molecule has 0 aliphatic heterocycles. The highest BCUT2D eigenvalue weighted by Gasteiger charge is 2.01. The largest absolute Gasteiger partial charge is 0.396 e. The van der Waals surface area contributed by atoms with Crippen molar-refractivity contribution in [2.45, 2.75) is 26.3 Å². The van der Waals surface area contributed by atoms with E-state index in [9.17, 15) is 0 Å². The molecule has 0 aromatic carbocycles. The van der Waals surface area contributed by atoms with Crippen LogP contribution < -0.4 is 5.32 Å². The van der Waals surface area contributed by atoms with Gasteiger partial charge in [-0.3, -0.25) is 0 Å². The molecule has 0 amide bonds. The van der Waals surface area contributed by atoms with Gasteiger partial charge in [0.05, 0.1) is 13.6 Å². The zero-order valence-electron chi connectivity index (χ0n) is 9.35. The van der Waals surface area contributed by atoms with Crippen LogP contribution in [-0.4, -0.2) is 38.5 Å². The maximum absolute atomic E-state index is 8.82. The number of rotatable bonds is 7. The summed E-state index contributed by atoms with van der Waals surface area (Å²) in [7, 11) is 1.75. The zero-order chi connectivity index (χ0) is 11.1. The Morgan fingerprint density at radius 1 is 1.53 bits per heavy atom. The van der Waals surface area contributed by atoms with Gasteiger partial charge in [-0.05, 0) is 30.5 Å². The first-order chi connectivity index (χ1) is 7.22. The Labute approximate surface area is 89.7 Å². The number of aliphatic hydroxyl groups excluding tert-OH is 1. The highest BCUT2D eigenvalue weighted by atomic mass is 16.3. The van der Waals surface area contributed by atoms with Gasteiger partial charge in [0.1, 0.15) is 0 Å². The van der Waals surface area contributed by atoms with Crippen molar-refractivity contribution in [2.24, 2.45) is 13.0 Å². The van der Waals surface area contributed by atoms with Gasteiger partial charge in [0.15, 0.2) is 5.82 Å². The molecule has 0 spiro atoms. The fraction of sp³-hybridized carbons (Fsp3) is 0.889. The summed E-state index contributed by atoms with van der Waals surface area (Å²) < 4.78 is 0. The SMILES string of the molecule is CC(CO)CCCNCc1nnn(C)n1. The van der Waals surface area contributed by atoms with E-state index in [-0.39, 0.29) is 6.61 Å². The molecule has 86 valence electrons. The van der Waals surface area contributed by atoms with Crippen LogP contribution in [-0.2, 0) is 13.6 Å². The van der Waals surface area contributed by atoms with Crippen molar-refractivity contribution in [3.05, 3.63) is 5.82 Å². The molecular formula is C9H19N5O. The van der Waals surface area contributed by atoms with Crippen molar-refractivity contribution in [2.75, 3.05) is 13.2 Å². The molecule has 0 radical (unpaired) electrons. The van der Waals surface area contributed by atoms with Gasteiger partial charge in [-0.2, -0.15) is 4.80 Å². The number of nitrogens with one attached hydrogen (secondary N) is 1. The van der Waals surface area contributed by atoms with Crippen LogP contribution in [0, 0.1) is 5.92 Å². The van der Waals surface area contributed by atoms with E-state index in [1.54, 1.807) is 7.05 Å². The summed E-state index contributed by atoms with van der Waals surface area (Å²) in [6.07, 6.45) is 2.10. The summed E-state index contributed by atoms with van der Waals surface area (Å²) in [6.45, 7) is 3.89. The van der Waals surface area contributed by atoms with Gasteiger partial charge >= 0.3 is 0 Å². The molecule has 0 aliphatic carbocycles. The quantitative estimate of drug-likeness (QED) is 0.609. The third kappa shape index (κ3) is 4.85. The Bertz CT molecular complexity index is 275. The fourth-order valence-electron chi connectivity index (χ4n) is 1.26. The summed E-state index contributed by atoms with van der Waals surface area (Å²) in [4.78, 5) is 1.45. The summed E-state index contributed by atoms with van der Waals surface area (Å²) in [6, 6.07) is 0. The molecule has 1 unspecified atom stereocenters. The van der Waals surface area contributed by atoms with E-state index in [0.29, 0.717) is 18.3 Å². The highest BCUT2D eigenvalue weighted by molar-refractivity contribution is 4.74. The first-order valence-electron chi connectivity index (χ1n) is 5.27. The second kappa shape index (κ2) is 6.47. The molecule has 2 N–H and O–H groups in total. The average molecular weight is 213 g/mol. The van der Waals surface area contributed by atoms with Crippen LogP contribution in [0.4, 0.5) is 0 Å². The predicted molar refractivity (Wildman–Crippen MR) is 56.0 cm³/mol. The second-order valence-electron chi connectivity index (χ2n) is 3.80. The first-order valence-corrected chi connectivity index (χ1v) is 5.27. The summed E-state index contributed by atoms with van der Waals surface area (Å²) >= 11 is 0. The van der Waals surface area contributed by atoms with Crippen molar-refractivity contribution in [3.63, 3.8) is 0 Å². The lowest BCUT2D eigenvalue weighted by Gasteiger charge is -2.06. The maximum Gasteiger partial charge on any atom is 0.188 e. The molecule has 0 saturated carbocycles. The van der Waals surface area contributed by atoms with Gasteiger partial charge in [-0.1, -0.05) is 6.92 Å². The van der Waals surface area contributed by atoms with Crippen molar-refractivity contribution < 1.29 is 5.11 Å². The van der Waals surface area contributed by atoms with Gasteiger partial charge in [-0.25, -0.2) is 0 Å². The zero-order valence-corrected chi connectivity index (χ0v) is 9.35. The van der Waals surface area contributed by atoms with Gasteiger partial charge in [0.25, 0.3) is 0 Å².